The topological polar surface area (TPSA) is 22.1 Å². The normalized spacial score (nSPS) is 9.90. The molecule has 0 fully saturated rings. The van der Waals surface area contributed by atoms with E-state index in [9.17, 15) is 0 Å². The summed E-state index contributed by atoms with van der Waals surface area (Å²) in [5.41, 5.74) is 0. The largest absolute Gasteiger partial charge is 0.482 e. The van der Waals surface area contributed by atoms with Gasteiger partial charge in [0, 0.05) is 6.20 Å². The Morgan fingerprint density at radius 2 is 2.30 bits per heavy atom. The van der Waals surface area contributed by atoms with Crippen molar-refractivity contribution in [2.75, 3.05) is 0 Å². The summed E-state index contributed by atoms with van der Waals surface area (Å²) >= 11 is 0. The summed E-state index contributed by atoms with van der Waals surface area (Å²) in [5.74, 6) is 0.794. The fourth-order valence-electron chi connectivity index (χ4n) is 0.643. The van der Waals surface area contributed by atoms with E-state index in [0.29, 0.717) is 0 Å². The summed E-state index contributed by atoms with van der Waals surface area (Å²) in [5, 5.41) is 0. The molecule has 1 radical (unpaired) electrons. The zero-order valence-corrected chi connectivity index (χ0v) is 6.16. The third kappa shape index (κ3) is 2.05. The van der Waals surface area contributed by atoms with Crippen LogP contribution in [0.3, 0.4) is 0 Å². The first-order chi connectivity index (χ1) is 4.79. The van der Waals surface area contributed by atoms with E-state index in [1.165, 1.54) is 0 Å². The predicted octanol–water partition coefficient (Wildman–Crippen LogP) is 2.03. The number of nitrogens with zero attached hydrogens (tertiary/aromatic N) is 1. The van der Waals surface area contributed by atoms with Gasteiger partial charge in [-0.2, -0.15) is 0 Å². The second-order valence-electron chi connectivity index (χ2n) is 2.20. The van der Waals surface area contributed by atoms with E-state index in [2.05, 4.69) is 4.98 Å². The Morgan fingerprint density at radius 1 is 1.50 bits per heavy atom. The fraction of sp³-hybridized carbons (Fsp3) is 0.250. The van der Waals surface area contributed by atoms with Crippen LogP contribution in [0.25, 0.3) is 0 Å². The van der Waals surface area contributed by atoms with Gasteiger partial charge in [-0.3, -0.25) is 4.98 Å². The van der Waals surface area contributed by atoms with Crippen LogP contribution in [0.15, 0.2) is 24.5 Å². The zero-order valence-electron chi connectivity index (χ0n) is 6.16. The second kappa shape index (κ2) is 3.20. The van der Waals surface area contributed by atoms with Gasteiger partial charge in [-0.25, -0.2) is 0 Å². The Bertz CT molecular complexity index is 184. The number of ether oxygens (including phenoxy) is 1. The molecule has 1 aromatic heterocycles. The molecule has 2 heteroatoms. The lowest BCUT2D eigenvalue weighted by Gasteiger charge is -2.05. The van der Waals surface area contributed by atoms with Gasteiger partial charge in [-0.15, -0.1) is 0 Å². The second-order valence-corrected chi connectivity index (χ2v) is 2.20. The summed E-state index contributed by atoms with van der Waals surface area (Å²) in [6.07, 6.45) is 4.33. The maximum Gasteiger partial charge on any atom is 0.142 e. The average Bonchev–Trinajstić information content (AvgIpc) is 1.88. The molecule has 0 spiro atoms. The van der Waals surface area contributed by atoms with Crippen molar-refractivity contribution >= 4 is 0 Å². The number of hydrogen-bond donors (Lipinski definition) is 0. The smallest absolute Gasteiger partial charge is 0.142 e. The van der Waals surface area contributed by atoms with Crippen LogP contribution >= 0.6 is 0 Å². The van der Waals surface area contributed by atoms with Crippen molar-refractivity contribution in [1.29, 1.82) is 0 Å². The molecule has 10 heavy (non-hydrogen) atoms. The van der Waals surface area contributed by atoms with Gasteiger partial charge in [0.2, 0.25) is 0 Å². The first-order valence-electron chi connectivity index (χ1n) is 3.17. The highest BCUT2D eigenvalue weighted by Gasteiger charge is 1.95. The molecule has 53 valence electrons. The minimum atomic E-state index is 0.794. The highest BCUT2D eigenvalue weighted by molar-refractivity contribution is 5.16. The summed E-state index contributed by atoms with van der Waals surface area (Å²) in [4.78, 5) is 3.90. The van der Waals surface area contributed by atoms with Crippen LogP contribution in [0.4, 0.5) is 0 Å². The Kier molecular flexibility index (Phi) is 2.26. The molecule has 0 aliphatic heterocycles. The molecular formula is C8H10NO. The molecule has 0 bridgehead atoms. The number of pyridine rings is 1. The highest BCUT2D eigenvalue weighted by atomic mass is 16.5. The van der Waals surface area contributed by atoms with Crippen LogP contribution in [-0.2, 0) is 0 Å². The van der Waals surface area contributed by atoms with E-state index < -0.39 is 0 Å². The number of aromatic nitrogens is 1. The van der Waals surface area contributed by atoms with Gasteiger partial charge in [-0.1, -0.05) is 0 Å². The lowest BCUT2D eigenvalue weighted by atomic mass is 10.4. The zero-order chi connectivity index (χ0) is 7.40. The van der Waals surface area contributed by atoms with Crippen molar-refractivity contribution < 1.29 is 4.74 Å². The van der Waals surface area contributed by atoms with Gasteiger partial charge in [-0.05, 0) is 26.0 Å². The van der Waals surface area contributed by atoms with Gasteiger partial charge in [0.05, 0.1) is 6.20 Å². The van der Waals surface area contributed by atoms with Gasteiger partial charge in [0.25, 0.3) is 0 Å². The quantitative estimate of drug-likeness (QED) is 0.620. The number of hydrogen-bond acceptors (Lipinski definition) is 2. The van der Waals surface area contributed by atoms with E-state index in [0.717, 1.165) is 11.9 Å². The fourth-order valence-corrected chi connectivity index (χ4v) is 0.643. The Balaban J connectivity index is 2.59. The molecule has 0 saturated carbocycles. The monoisotopic (exact) mass is 136 g/mol. The number of rotatable bonds is 2. The van der Waals surface area contributed by atoms with Crippen LogP contribution in [0, 0.1) is 6.10 Å². The summed E-state index contributed by atoms with van der Waals surface area (Å²) in [7, 11) is 0. The molecule has 0 amide bonds. The first-order valence-corrected chi connectivity index (χ1v) is 3.17. The molecular weight excluding hydrogens is 126 g/mol. The third-order valence-electron chi connectivity index (χ3n) is 0.956. The highest BCUT2D eigenvalue weighted by Crippen LogP contribution is 2.11. The molecule has 0 saturated heterocycles. The minimum Gasteiger partial charge on any atom is -0.482 e. The molecule has 1 heterocycles. The van der Waals surface area contributed by atoms with Gasteiger partial charge in [0.15, 0.2) is 0 Å². The Labute approximate surface area is 60.9 Å². The van der Waals surface area contributed by atoms with Gasteiger partial charge < -0.3 is 4.74 Å². The van der Waals surface area contributed by atoms with Crippen LogP contribution in [0.5, 0.6) is 5.75 Å². The summed E-state index contributed by atoms with van der Waals surface area (Å²) in [6, 6.07) is 3.72. The molecule has 0 N–H and O–H groups in total. The maximum atomic E-state index is 5.27. The minimum absolute atomic E-state index is 0.794. The van der Waals surface area contributed by atoms with Crippen LogP contribution < -0.4 is 4.74 Å². The predicted molar refractivity (Wildman–Crippen MR) is 39.5 cm³/mol. The lowest BCUT2D eigenvalue weighted by Crippen LogP contribution is -1.95. The van der Waals surface area contributed by atoms with Gasteiger partial charge >= 0.3 is 0 Å². The van der Waals surface area contributed by atoms with Crippen molar-refractivity contribution in [3.8, 4) is 5.75 Å². The molecule has 0 aromatic carbocycles. The van der Waals surface area contributed by atoms with E-state index in [1.807, 2.05) is 26.0 Å². The molecule has 0 unspecified atom stereocenters. The van der Waals surface area contributed by atoms with Crippen LogP contribution in [-0.4, -0.2) is 4.98 Å². The molecule has 0 atom stereocenters. The standard InChI is InChI=1S/C8H10NO/c1-7(2)10-8-4-3-5-9-6-8/h3-6H,1-2H3. The van der Waals surface area contributed by atoms with E-state index in [1.54, 1.807) is 12.4 Å². The molecule has 1 rings (SSSR count). The molecule has 1 aromatic rings. The van der Waals surface area contributed by atoms with Crippen molar-refractivity contribution in [3.05, 3.63) is 30.6 Å². The maximum absolute atomic E-state index is 5.27. The Hall–Kier alpha value is -1.05. The third-order valence-corrected chi connectivity index (χ3v) is 0.956. The lowest BCUT2D eigenvalue weighted by molar-refractivity contribution is 0.344. The van der Waals surface area contributed by atoms with Crippen molar-refractivity contribution in [1.82, 2.24) is 4.98 Å². The SMILES string of the molecule is C[C](C)Oc1cccnc1. The summed E-state index contributed by atoms with van der Waals surface area (Å²) < 4.78 is 5.27. The van der Waals surface area contributed by atoms with Crippen molar-refractivity contribution in [2.45, 2.75) is 13.8 Å². The van der Waals surface area contributed by atoms with Crippen molar-refractivity contribution in [3.63, 3.8) is 0 Å². The van der Waals surface area contributed by atoms with Crippen LogP contribution in [0.2, 0.25) is 0 Å². The summed E-state index contributed by atoms with van der Waals surface area (Å²) in [6.45, 7) is 3.82. The Morgan fingerprint density at radius 3 is 2.80 bits per heavy atom. The van der Waals surface area contributed by atoms with E-state index in [-0.39, 0.29) is 0 Å². The average molecular weight is 136 g/mol. The van der Waals surface area contributed by atoms with Crippen LogP contribution in [0.1, 0.15) is 13.8 Å². The van der Waals surface area contributed by atoms with E-state index in [4.69, 9.17) is 4.74 Å². The molecule has 2 nitrogen and oxygen atoms in total. The first kappa shape index (κ1) is 7.06. The molecule has 0 aliphatic carbocycles. The van der Waals surface area contributed by atoms with Gasteiger partial charge in [0.1, 0.15) is 11.9 Å². The van der Waals surface area contributed by atoms with E-state index >= 15 is 0 Å². The molecule has 0 aliphatic rings. The van der Waals surface area contributed by atoms with Crippen molar-refractivity contribution in [2.24, 2.45) is 0 Å².